The molecule has 0 fully saturated rings. The minimum Gasteiger partial charge on any atom is -0.856 e. The van der Waals surface area contributed by atoms with E-state index in [1.807, 2.05) is 0 Å². The van der Waals surface area contributed by atoms with Gasteiger partial charge in [-0.1, -0.05) is 23.3 Å². The number of ether oxygens (including phenoxy) is 1. The molecule has 0 aliphatic carbocycles. The summed E-state index contributed by atoms with van der Waals surface area (Å²) >= 11 is 0. The van der Waals surface area contributed by atoms with Crippen LogP contribution in [0.25, 0.3) is 6.08 Å². The van der Waals surface area contributed by atoms with E-state index < -0.39 is 30.5 Å². The molecule has 1 aromatic carbocycles. The highest BCUT2D eigenvalue weighted by atomic mass is 19.4. The van der Waals surface area contributed by atoms with E-state index in [1.54, 1.807) is 17.8 Å². The lowest BCUT2D eigenvalue weighted by atomic mass is 10.1. The number of aryl methyl sites for hydroxylation is 1. The van der Waals surface area contributed by atoms with Crippen LogP contribution in [0.4, 0.5) is 30.7 Å². The van der Waals surface area contributed by atoms with Gasteiger partial charge in [0.25, 0.3) is 6.33 Å². The minimum absolute atomic E-state index is 0.150. The van der Waals surface area contributed by atoms with Gasteiger partial charge in [-0.05, 0) is 30.2 Å². The third-order valence-electron chi connectivity index (χ3n) is 3.78. The van der Waals surface area contributed by atoms with Gasteiger partial charge < -0.3 is 9.84 Å². The molecule has 0 aliphatic rings. The van der Waals surface area contributed by atoms with Crippen LogP contribution < -0.4 is 14.4 Å². The van der Waals surface area contributed by atoms with Gasteiger partial charge in [0.15, 0.2) is 12.8 Å². The topological polar surface area (TPSA) is 53.5 Å². The molecule has 0 bridgehead atoms. The molecule has 2 aromatic rings. The summed E-state index contributed by atoms with van der Waals surface area (Å²) in [5, 5.41) is 15.9. The van der Waals surface area contributed by atoms with Gasteiger partial charge in [-0.3, -0.25) is 0 Å². The van der Waals surface area contributed by atoms with Gasteiger partial charge in [0.1, 0.15) is 11.9 Å². The molecule has 0 amide bonds. The van der Waals surface area contributed by atoms with E-state index in [2.05, 4.69) is 9.84 Å². The van der Waals surface area contributed by atoms with E-state index in [0.717, 1.165) is 12.1 Å². The largest absolute Gasteiger partial charge is 0.856 e. The van der Waals surface area contributed by atoms with Crippen molar-refractivity contribution >= 4 is 12.0 Å². The molecule has 5 nitrogen and oxygen atoms in total. The van der Waals surface area contributed by atoms with Crippen molar-refractivity contribution in [2.45, 2.75) is 24.9 Å². The van der Waals surface area contributed by atoms with Gasteiger partial charge in [-0.2, -0.15) is 30.7 Å². The highest BCUT2D eigenvalue weighted by Gasteiger charge is 2.73. The summed E-state index contributed by atoms with van der Waals surface area (Å²) in [5.41, 5.74) is 0.412. The van der Waals surface area contributed by atoms with E-state index in [1.165, 1.54) is 42.3 Å². The van der Waals surface area contributed by atoms with Crippen LogP contribution in [-0.2, 0) is 7.05 Å². The molecule has 0 spiro atoms. The quantitative estimate of drug-likeness (QED) is 0.288. The summed E-state index contributed by atoms with van der Waals surface area (Å²) < 4.78 is 96.4. The normalized spacial score (nSPS) is 14.2. The Kier molecular flexibility index (Phi) is 6.48. The number of hydrogen-bond donors (Lipinski definition) is 0. The van der Waals surface area contributed by atoms with E-state index in [9.17, 15) is 35.8 Å². The molecule has 164 valence electrons. The lowest BCUT2D eigenvalue weighted by molar-refractivity contribution is -0.671. The summed E-state index contributed by atoms with van der Waals surface area (Å²) in [5.74, 6) is -12.7. The van der Waals surface area contributed by atoms with Gasteiger partial charge in [0, 0.05) is 5.90 Å². The first-order chi connectivity index (χ1) is 13.7. The van der Waals surface area contributed by atoms with Gasteiger partial charge in [0.05, 0.1) is 7.05 Å². The number of aromatic nitrogens is 2. The third kappa shape index (κ3) is 5.30. The fraction of sp³-hybridized carbons (Fsp3) is 0.333. The Morgan fingerprint density at radius 1 is 1.20 bits per heavy atom. The molecule has 0 unspecified atom stereocenters. The van der Waals surface area contributed by atoms with Crippen LogP contribution in [-0.4, -0.2) is 35.2 Å². The monoisotopic (exact) mass is 439 g/mol. The molecule has 12 heteroatoms. The maximum Gasteiger partial charge on any atom is 0.460 e. The van der Waals surface area contributed by atoms with Crippen molar-refractivity contribution in [1.82, 2.24) is 4.68 Å². The molecule has 2 rings (SSSR count). The van der Waals surface area contributed by atoms with Crippen molar-refractivity contribution in [2.24, 2.45) is 12.1 Å². The molecule has 0 radical (unpaired) electrons. The Labute approximate surface area is 166 Å². The summed E-state index contributed by atoms with van der Waals surface area (Å²) in [7, 11) is 1.72. The molecular formula is C18H16F7N3O2. The van der Waals surface area contributed by atoms with Crippen LogP contribution in [0.1, 0.15) is 12.5 Å². The number of alkyl halides is 7. The standard InChI is InChI=1S/C18H16F7N3O2/c1-12(15(29)26-28-7-6-27(2)11-28)8-13-4-3-5-14(9-13)30-10-16(19,20)17(21,22)18(23,24)25/h3-9,11H,10H2,1-2H3/b12-8+. The predicted octanol–water partition coefficient (Wildman–Crippen LogP) is 3.15. The van der Waals surface area contributed by atoms with Crippen molar-refractivity contribution in [3.63, 3.8) is 0 Å². The van der Waals surface area contributed by atoms with Crippen molar-refractivity contribution in [3.05, 3.63) is 54.1 Å². The molecule has 0 saturated heterocycles. The molecule has 0 N–H and O–H groups in total. The van der Waals surface area contributed by atoms with Crippen LogP contribution in [0.2, 0.25) is 0 Å². The molecule has 0 saturated carbocycles. The summed E-state index contributed by atoms with van der Waals surface area (Å²) in [6.07, 6.45) is -0.408. The number of halogens is 7. The summed E-state index contributed by atoms with van der Waals surface area (Å²) in [4.78, 5) is 0. The molecule has 30 heavy (non-hydrogen) atoms. The van der Waals surface area contributed by atoms with Crippen molar-refractivity contribution in [1.29, 1.82) is 0 Å². The maximum absolute atomic E-state index is 13.3. The van der Waals surface area contributed by atoms with Crippen LogP contribution in [0.15, 0.2) is 53.7 Å². The van der Waals surface area contributed by atoms with Gasteiger partial charge >= 0.3 is 18.0 Å². The molecule has 0 aliphatic heterocycles. The average Bonchev–Trinajstić information content (AvgIpc) is 3.04. The lowest BCUT2D eigenvalue weighted by Crippen LogP contribution is -2.54. The van der Waals surface area contributed by atoms with E-state index in [4.69, 9.17) is 0 Å². The first kappa shape index (κ1) is 23.2. The van der Waals surface area contributed by atoms with Crippen molar-refractivity contribution < 1.29 is 45.1 Å². The first-order valence-electron chi connectivity index (χ1n) is 8.26. The average molecular weight is 439 g/mol. The second-order valence-corrected chi connectivity index (χ2v) is 6.33. The van der Waals surface area contributed by atoms with Gasteiger partial charge in [0.2, 0.25) is 0 Å². The van der Waals surface area contributed by atoms with Crippen molar-refractivity contribution in [2.75, 3.05) is 6.61 Å². The SMILES string of the molecule is C/C(=C\c1cccc(OCC(F)(F)C(F)(F)C(F)(F)F)c1)C([O-])=Nn1cc[n+](C)c1. The summed E-state index contributed by atoms with van der Waals surface area (Å²) in [6.45, 7) is -0.758. The summed E-state index contributed by atoms with van der Waals surface area (Å²) in [6, 6.07) is 4.94. The van der Waals surface area contributed by atoms with Crippen LogP contribution in [0, 0.1) is 0 Å². The van der Waals surface area contributed by atoms with E-state index in [-0.39, 0.29) is 16.9 Å². The number of nitrogens with zero attached hydrogens (tertiary/aromatic N) is 3. The third-order valence-corrected chi connectivity index (χ3v) is 3.78. The fourth-order valence-corrected chi connectivity index (χ4v) is 2.16. The Morgan fingerprint density at radius 2 is 1.87 bits per heavy atom. The zero-order chi connectivity index (χ0) is 22.7. The Balaban J connectivity index is 2.14. The van der Waals surface area contributed by atoms with Crippen LogP contribution in [0.3, 0.4) is 0 Å². The zero-order valence-corrected chi connectivity index (χ0v) is 15.6. The van der Waals surface area contributed by atoms with Crippen molar-refractivity contribution in [3.8, 4) is 5.75 Å². The van der Waals surface area contributed by atoms with E-state index in [0.29, 0.717) is 0 Å². The Hall–Kier alpha value is -3.05. The zero-order valence-electron chi connectivity index (χ0n) is 15.6. The predicted molar refractivity (Wildman–Crippen MR) is 90.0 cm³/mol. The first-order valence-corrected chi connectivity index (χ1v) is 8.26. The lowest BCUT2D eigenvalue weighted by Gasteiger charge is -2.28. The Bertz CT molecular complexity index is 949. The maximum atomic E-state index is 13.3. The smallest absolute Gasteiger partial charge is 0.460 e. The fourth-order valence-electron chi connectivity index (χ4n) is 2.16. The highest BCUT2D eigenvalue weighted by molar-refractivity contribution is 5.94. The number of benzene rings is 1. The van der Waals surface area contributed by atoms with Gasteiger partial charge in [-0.25, -0.2) is 4.57 Å². The molecular weight excluding hydrogens is 423 g/mol. The number of imidazole rings is 1. The number of rotatable bonds is 7. The second kappa shape index (κ2) is 8.36. The van der Waals surface area contributed by atoms with E-state index >= 15 is 0 Å². The Morgan fingerprint density at radius 3 is 2.43 bits per heavy atom. The molecule has 1 aromatic heterocycles. The molecule has 1 heterocycles. The van der Waals surface area contributed by atoms with Crippen LogP contribution in [0.5, 0.6) is 5.75 Å². The van der Waals surface area contributed by atoms with Gasteiger partial charge in [-0.15, -0.1) is 4.68 Å². The number of hydrogen-bond acceptors (Lipinski definition) is 3. The molecule has 0 atom stereocenters. The minimum atomic E-state index is -6.43. The van der Waals surface area contributed by atoms with Crippen LogP contribution >= 0.6 is 0 Å². The second-order valence-electron chi connectivity index (χ2n) is 6.33. The highest BCUT2D eigenvalue weighted by Crippen LogP contribution is 2.46.